The predicted octanol–water partition coefficient (Wildman–Crippen LogP) is 2.81. The largest absolute Gasteiger partial charge is 0.354 e. The number of hydrogen-bond donors (Lipinski definition) is 3. The first-order valence-electron chi connectivity index (χ1n) is 10.2. The number of carbonyl (C=O) groups excluding carboxylic acids is 2. The van der Waals surface area contributed by atoms with Crippen molar-refractivity contribution in [2.45, 2.75) is 52.4 Å². The smallest absolute Gasteiger partial charge is 0.241 e. The summed E-state index contributed by atoms with van der Waals surface area (Å²) >= 11 is 0. The Morgan fingerprint density at radius 2 is 1.86 bits per heavy atom. The molecule has 3 rings (SSSR count). The molecule has 1 saturated heterocycles. The van der Waals surface area contributed by atoms with Gasteiger partial charge in [-0.1, -0.05) is 18.9 Å². The summed E-state index contributed by atoms with van der Waals surface area (Å²) < 4.78 is 0. The van der Waals surface area contributed by atoms with E-state index in [2.05, 4.69) is 22.0 Å². The number of anilines is 1. The Balaban J connectivity index is 1.69. The van der Waals surface area contributed by atoms with Crippen LogP contribution in [0.15, 0.2) is 18.2 Å². The second-order valence-corrected chi connectivity index (χ2v) is 8.40. The molecule has 1 aliphatic carbocycles. The molecule has 1 aromatic rings. The number of piperidine rings is 1. The van der Waals surface area contributed by atoms with Crippen molar-refractivity contribution in [3.63, 3.8) is 0 Å². The van der Waals surface area contributed by atoms with E-state index in [4.69, 9.17) is 0 Å². The Labute approximate surface area is 167 Å². The van der Waals surface area contributed by atoms with Crippen LogP contribution >= 0.6 is 0 Å². The zero-order valence-electron chi connectivity index (χ0n) is 16.9. The molecule has 1 saturated carbocycles. The van der Waals surface area contributed by atoms with Gasteiger partial charge in [0.05, 0.1) is 11.5 Å². The maximum absolute atomic E-state index is 13.1. The summed E-state index contributed by atoms with van der Waals surface area (Å²) in [6.45, 7) is 5.55. The molecule has 0 spiro atoms. The zero-order valence-corrected chi connectivity index (χ0v) is 16.9. The van der Waals surface area contributed by atoms with Crippen molar-refractivity contribution < 1.29 is 9.59 Å². The van der Waals surface area contributed by atoms with Crippen LogP contribution in [0, 0.1) is 36.0 Å². The molecule has 2 aliphatic rings. The molecule has 3 N–H and O–H groups in total. The third kappa shape index (κ3) is 4.05. The molecular formula is C22H30N4O2. The lowest BCUT2D eigenvalue weighted by Crippen LogP contribution is -2.53. The van der Waals surface area contributed by atoms with Crippen LogP contribution in [-0.4, -0.2) is 31.4 Å². The maximum atomic E-state index is 13.1. The number of benzene rings is 1. The molecule has 1 aromatic carbocycles. The van der Waals surface area contributed by atoms with Crippen molar-refractivity contribution in [3.05, 3.63) is 29.3 Å². The van der Waals surface area contributed by atoms with Crippen LogP contribution in [0.25, 0.3) is 0 Å². The SMILES string of the molecule is Cc1ccc(NC(=O)C2(CNC(=O)C3(C#N)CCCNC3)CCCC2)cc1C. The van der Waals surface area contributed by atoms with Gasteiger partial charge in [-0.2, -0.15) is 5.26 Å². The Hall–Kier alpha value is -2.39. The minimum absolute atomic E-state index is 0.0404. The fourth-order valence-corrected chi connectivity index (χ4v) is 4.28. The molecule has 2 fully saturated rings. The number of nitrogens with zero attached hydrogens (tertiary/aromatic N) is 1. The number of nitrogens with one attached hydrogen (secondary N) is 3. The number of amides is 2. The highest BCUT2D eigenvalue weighted by atomic mass is 16.2. The fourth-order valence-electron chi connectivity index (χ4n) is 4.28. The molecule has 0 bridgehead atoms. The summed E-state index contributed by atoms with van der Waals surface area (Å²) in [7, 11) is 0. The summed E-state index contributed by atoms with van der Waals surface area (Å²) in [6, 6.07) is 8.11. The van der Waals surface area contributed by atoms with Crippen LogP contribution in [0.5, 0.6) is 0 Å². The Kier molecular flexibility index (Phi) is 6.04. The van der Waals surface area contributed by atoms with E-state index in [1.54, 1.807) is 0 Å². The average molecular weight is 383 g/mol. The van der Waals surface area contributed by atoms with E-state index >= 15 is 0 Å². The lowest BCUT2D eigenvalue weighted by molar-refractivity contribution is -0.131. The van der Waals surface area contributed by atoms with Gasteiger partial charge in [-0.25, -0.2) is 0 Å². The van der Waals surface area contributed by atoms with Crippen LogP contribution in [0.1, 0.15) is 49.7 Å². The quantitative estimate of drug-likeness (QED) is 0.730. The second kappa shape index (κ2) is 8.32. The standard InChI is InChI=1S/C22H30N4O2/c1-16-6-7-18(12-17(16)2)26-20(28)21(8-3-4-9-21)15-25-19(27)22(13-23)10-5-11-24-14-22/h6-7,12,24H,3-5,8-11,14-15H2,1-2H3,(H,25,27)(H,26,28). The van der Waals surface area contributed by atoms with Gasteiger partial charge in [0.1, 0.15) is 5.41 Å². The highest BCUT2D eigenvalue weighted by molar-refractivity contribution is 5.96. The van der Waals surface area contributed by atoms with E-state index in [0.717, 1.165) is 49.9 Å². The third-order valence-corrected chi connectivity index (χ3v) is 6.43. The highest BCUT2D eigenvalue weighted by Gasteiger charge is 2.44. The van der Waals surface area contributed by atoms with Gasteiger partial charge >= 0.3 is 0 Å². The van der Waals surface area contributed by atoms with Gasteiger partial charge in [0.15, 0.2) is 0 Å². The molecule has 1 heterocycles. The minimum atomic E-state index is -1.03. The van der Waals surface area contributed by atoms with Crippen LogP contribution < -0.4 is 16.0 Å². The molecular weight excluding hydrogens is 352 g/mol. The van der Waals surface area contributed by atoms with E-state index in [0.29, 0.717) is 13.0 Å². The third-order valence-electron chi connectivity index (χ3n) is 6.43. The molecule has 1 atom stereocenters. The number of aryl methyl sites for hydroxylation is 2. The van der Waals surface area contributed by atoms with Crippen molar-refractivity contribution in [2.75, 3.05) is 25.0 Å². The normalized spacial score (nSPS) is 23.6. The van der Waals surface area contributed by atoms with Crippen molar-refractivity contribution in [1.29, 1.82) is 5.26 Å². The van der Waals surface area contributed by atoms with E-state index in [1.807, 2.05) is 32.0 Å². The number of carbonyl (C=O) groups is 2. The summed E-state index contributed by atoms with van der Waals surface area (Å²) in [5.41, 5.74) is 1.47. The fraction of sp³-hybridized carbons (Fsp3) is 0.591. The van der Waals surface area contributed by atoms with Crippen molar-refractivity contribution in [1.82, 2.24) is 10.6 Å². The van der Waals surface area contributed by atoms with Gasteiger partial charge < -0.3 is 16.0 Å². The summed E-state index contributed by atoms with van der Waals surface area (Å²) in [4.78, 5) is 25.9. The first-order chi connectivity index (χ1) is 13.4. The molecule has 1 aliphatic heterocycles. The number of hydrogen-bond acceptors (Lipinski definition) is 4. The van der Waals surface area contributed by atoms with E-state index in [-0.39, 0.29) is 18.4 Å². The molecule has 0 aromatic heterocycles. The van der Waals surface area contributed by atoms with Crippen LogP contribution in [0.3, 0.4) is 0 Å². The Morgan fingerprint density at radius 1 is 1.11 bits per heavy atom. The summed E-state index contributed by atoms with van der Waals surface area (Å²) in [5.74, 6) is -0.297. The topological polar surface area (TPSA) is 94.0 Å². The first-order valence-corrected chi connectivity index (χ1v) is 10.2. The van der Waals surface area contributed by atoms with Crippen molar-refractivity contribution in [3.8, 4) is 6.07 Å². The van der Waals surface area contributed by atoms with E-state index < -0.39 is 10.8 Å². The lowest BCUT2D eigenvalue weighted by Gasteiger charge is -2.33. The summed E-state index contributed by atoms with van der Waals surface area (Å²) in [5, 5.41) is 18.7. The van der Waals surface area contributed by atoms with E-state index in [9.17, 15) is 14.9 Å². The molecule has 150 valence electrons. The maximum Gasteiger partial charge on any atom is 0.241 e. The molecule has 2 amide bonds. The minimum Gasteiger partial charge on any atom is -0.354 e. The van der Waals surface area contributed by atoms with Crippen LogP contribution in [0.2, 0.25) is 0 Å². The molecule has 6 heteroatoms. The van der Waals surface area contributed by atoms with Crippen molar-refractivity contribution in [2.24, 2.45) is 10.8 Å². The van der Waals surface area contributed by atoms with Crippen molar-refractivity contribution >= 4 is 17.5 Å². The zero-order chi connectivity index (χ0) is 20.2. The second-order valence-electron chi connectivity index (χ2n) is 8.40. The van der Waals surface area contributed by atoms with Gasteiger partial charge in [-0.15, -0.1) is 0 Å². The van der Waals surface area contributed by atoms with Gasteiger partial charge in [0, 0.05) is 18.8 Å². The Bertz CT molecular complexity index is 784. The van der Waals surface area contributed by atoms with E-state index in [1.165, 1.54) is 5.56 Å². The van der Waals surface area contributed by atoms with Gasteiger partial charge in [-0.05, 0) is 69.3 Å². The molecule has 0 radical (unpaired) electrons. The molecule has 28 heavy (non-hydrogen) atoms. The summed E-state index contributed by atoms with van der Waals surface area (Å²) in [6.07, 6.45) is 4.81. The first kappa shape index (κ1) is 20.3. The molecule has 1 unspecified atom stereocenters. The number of nitriles is 1. The monoisotopic (exact) mass is 382 g/mol. The van der Waals surface area contributed by atoms with Gasteiger partial charge in [0.25, 0.3) is 0 Å². The molecule has 6 nitrogen and oxygen atoms in total. The average Bonchev–Trinajstić information content (AvgIpc) is 3.20. The number of rotatable bonds is 5. The highest BCUT2D eigenvalue weighted by Crippen LogP contribution is 2.39. The predicted molar refractivity (Wildman–Crippen MR) is 109 cm³/mol. The Morgan fingerprint density at radius 3 is 2.46 bits per heavy atom. The van der Waals surface area contributed by atoms with Crippen LogP contribution in [0.4, 0.5) is 5.69 Å². The van der Waals surface area contributed by atoms with Crippen LogP contribution in [-0.2, 0) is 9.59 Å². The van der Waals surface area contributed by atoms with Gasteiger partial charge in [-0.3, -0.25) is 9.59 Å². The van der Waals surface area contributed by atoms with Gasteiger partial charge in [0.2, 0.25) is 11.8 Å². The lowest BCUT2D eigenvalue weighted by atomic mass is 9.80.